The summed E-state index contributed by atoms with van der Waals surface area (Å²) in [5, 5.41) is 0. The van der Waals surface area contributed by atoms with Crippen LogP contribution in [-0.4, -0.2) is 21.4 Å². The smallest absolute Gasteiger partial charge is 0.254 e. The van der Waals surface area contributed by atoms with Gasteiger partial charge in [-0.25, -0.2) is 4.98 Å². The molecule has 0 bridgehead atoms. The van der Waals surface area contributed by atoms with E-state index >= 15 is 0 Å². The van der Waals surface area contributed by atoms with E-state index in [1.54, 1.807) is 0 Å². The molecular weight excluding hydrogens is 354 g/mol. The van der Waals surface area contributed by atoms with E-state index in [1.807, 2.05) is 6.07 Å². The highest BCUT2D eigenvalue weighted by molar-refractivity contribution is 9.10. The number of halogens is 1. The first-order chi connectivity index (χ1) is 11.2. The molecule has 0 radical (unpaired) electrons. The quantitative estimate of drug-likeness (QED) is 0.895. The lowest BCUT2D eigenvalue weighted by atomic mass is 10.1. The molecule has 5 heteroatoms. The van der Waals surface area contributed by atoms with Gasteiger partial charge in [-0.15, -0.1) is 0 Å². The van der Waals surface area contributed by atoms with Crippen LogP contribution in [-0.2, 0) is 25.9 Å². The van der Waals surface area contributed by atoms with Crippen molar-refractivity contribution in [1.82, 2.24) is 14.9 Å². The molecule has 1 fully saturated rings. The molecule has 1 aliphatic carbocycles. The van der Waals surface area contributed by atoms with Crippen LogP contribution in [0.25, 0.3) is 0 Å². The average molecular weight is 374 g/mol. The van der Waals surface area contributed by atoms with Gasteiger partial charge in [0.2, 0.25) is 0 Å². The van der Waals surface area contributed by atoms with Gasteiger partial charge in [-0.05, 0) is 36.8 Å². The topological polar surface area (TPSA) is 49.0 Å². The van der Waals surface area contributed by atoms with Crippen molar-refractivity contribution >= 4 is 15.9 Å². The predicted octanol–water partition coefficient (Wildman–Crippen LogP) is 3.04. The molecule has 0 amide bonds. The van der Waals surface area contributed by atoms with Gasteiger partial charge in [0.15, 0.2) is 0 Å². The largest absolute Gasteiger partial charge is 0.310 e. The van der Waals surface area contributed by atoms with Crippen molar-refractivity contribution in [3.05, 3.63) is 61.7 Å². The summed E-state index contributed by atoms with van der Waals surface area (Å²) in [6.07, 6.45) is 4.25. The minimum absolute atomic E-state index is 0.0752. The molecule has 23 heavy (non-hydrogen) atoms. The van der Waals surface area contributed by atoms with Crippen molar-refractivity contribution < 1.29 is 0 Å². The summed E-state index contributed by atoms with van der Waals surface area (Å²) in [7, 11) is 0. The van der Waals surface area contributed by atoms with E-state index in [0.717, 1.165) is 59.9 Å². The van der Waals surface area contributed by atoms with E-state index in [1.165, 1.54) is 18.4 Å². The summed E-state index contributed by atoms with van der Waals surface area (Å²) in [6.45, 7) is 2.55. The molecule has 2 heterocycles. The Bertz CT molecular complexity index is 782. The van der Waals surface area contributed by atoms with Crippen LogP contribution in [0.2, 0.25) is 0 Å². The van der Waals surface area contributed by atoms with E-state index in [2.05, 4.69) is 44.0 Å². The first-order valence-electron chi connectivity index (χ1n) is 8.26. The zero-order valence-corrected chi connectivity index (χ0v) is 14.6. The Hall–Kier alpha value is -1.46. The van der Waals surface area contributed by atoms with Crippen molar-refractivity contribution in [2.24, 2.45) is 5.92 Å². The highest BCUT2D eigenvalue weighted by Crippen LogP contribution is 2.31. The van der Waals surface area contributed by atoms with Crippen molar-refractivity contribution in [3.63, 3.8) is 0 Å². The molecule has 2 aromatic rings. The lowest BCUT2D eigenvalue weighted by molar-refractivity contribution is 0.239. The van der Waals surface area contributed by atoms with Gasteiger partial charge in [-0.2, -0.15) is 0 Å². The molecule has 120 valence electrons. The number of fused-ring (bicyclic) bond motifs is 1. The molecule has 4 nitrogen and oxygen atoms in total. The van der Waals surface area contributed by atoms with Gasteiger partial charge in [0.25, 0.3) is 5.56 Å². The van der Waals surface area contributed by atoms with Crippen LogP contribution in [0.4, 0.5) is 0 Å². The van der Waals surface area contributed by atoms with Gasteiger partial charge in [0.05, 0.1) is 5.69 Å². The maximum absolute atomic E-state index is 12.3. The van der Waals surface area contributed by atoms with Gasteiger partial charge in [0, 0.05) is 36.1 Å². The SMILES string of the molecule is O=c1[nH]c(CC2CC2)nc2c1CCN(Cc1ccccc1Br)C2. The normalized spacial score (nSPS) is 18.0. The van der Waals surface area contributed by atoms with Crippen molar-refractivity contribution in [2.45, 2.75) is 38.8 Å². The Kier molecular flexibility index (Phi) is 4.07. The summed E-state index contributed by atoms with van der Waals surface area (Å²) in [4.78, 5) is 22.4. The number of H-pyrrole nitrogens is 1. The lowest BCUT2D eigenvalue weighted by Gasteiger charge is -2.28. The molecule has 1 aromatic carbocycles. The van der Waals surface area contributed by atoms with E-state index in [-0.39, 0.29) is 5.56 Å². The van der Waals surface area contributed by atoms with E-state index in [4.69, 9.17) is 4.98 Å². The maximum atomic E-state index is 12.3. The van der Waals surface area contributed by atoms with Gasteiger partial charge >= 0.3 is 0 Å². The number of benzene rings is 1. The molecule has 0 atom stereocenters. The Labute approximate surface area is 144 Å². The fourth-order valence-electron chi connectivity index (χ4n) is 3.24. The van der Waals surface area contributed by atoms with Crippen LogP contribution in [0.1, 0.15) is 35.5 Å². The number of hydrogen-bond donors (Lipinski definition) is 1. The predicted molar refractivity (Wildman–Crippen MR) is 93.2 cm³/mol. The third-order valence-corrected chi connectivity index (χ3v) is 5.51. The molecule has 1 N–H and O–H groups in total. The van der Waals surface area contributed by atoms with Crippen LogP contribution in [0.5, 0.6) is 0 Å². The third kappa shape index (κ3) is 3.40. The second-order valence-electron chi connectivity index (χ2n) is 6.64. The minimum atomic E-state index is 0.0752. The van der Waals surface area contributed by atoms with Crippen LogP contribution >= 0.6 is 15.9 Å². The Balaban J connectivity index is 1.54. The molecule has 1 saturated carbocycles. The number of nitrogens with zero attached hydrogens (tertiary/aromatic N) is 2. The summed E-state index contributed by atoms with van der Waals surface area (Å²) >= 11 is 3.61. The minimum Gasteiger partial charge on any atom is -0.310 e. The van der Waals surface area contributed by atoms with Crippen LogP contribution in [0, 0.1) is 5.92 Å². The standard InChI is InChI=1S/C18H20BrN3O/c19-15-4-2-1-3-13(15)10-22-8-7-14-16(11-22)20-17(21-18(14)23)9-12-5-6-12/h1-4,12H,5-11H2,(H,20,21,23). The highest BCUT2D eigenvalue weighted by atomic mass is 79.9. The number of nitrogens with one attached hydrogen (secondary N) is 1. The Morgan fingerprint density at radius 1 is 1.30 bits per heavy atom. The van der Waals surface area contributed by atoms with Gasteiger partial charge < -0.3 is 4.98 Å². The summed E-state index contributed by atoms with van der Waals surface area (Å²) in [6, 6.07) is 8.31. The third-order valence-electron chi connectivity index (χ3n) is 4.73. The number of aromatic nitrogens is 2. The molecule has 0 saturated heterocycles. The second-order valence-corrected chi connectivity index (χ2v) is 7.49. The fraction of sp³-hybridized carbons (Fsp3) is 0.444. The van der Waals surface area contributed by atoms with Crippen molar-refractivity contribution in [2.75, 3.05) is 6.54 Å². The summed E-state index contributed by atoms with van der Waals surface area (Å²) in [5.41, 5.74) is 3.21. The first kappa shape index (κ1) is 15.1. The first-order valence-corrected chi connectivity index (χ1v) is 9.05. The number of hydrogen-bond acceptors (Lipinski definition) is 3. The lowest BCUT2D eigenvalue weighted by Crippen LogP contribution is -2.35. The van der Waals surface area contributed by atoms with Crippen LogP contribution < -0.4 is 5.56 Å². The molecule has 2 aliphatic rings. The van der Waals surface area contributed by atoms with Gasteiger partial charge in [-0.3, -0.25) is 9.69 Å². The van der Waals surface area contributed by atoms with Gasteiger partial charge in [-0.1, -0.05) is 34.1 Å². The monoisotopic (exact) mass is 373 g/mol. The van der Waals surface area contributed by atoms with Crippen molar-refractivity contribution in [1.29, 1.82) is 0 Å². The van der Waals surface area contributed by atoms with Crippen molar-refractivity contribution in [3.8, 4) is 0 Å². The van der Waals surface area contributed by atoms with E-state index < -0.39 is 0 Å². The molecule has 1 aliphatic heterocycles. The van der Waals surface area contributed by atoms with Crippen LogP contribution in [0.15, 0.2) is 33.5 Å². The van der Waals surface area contributed by atoms with Crippen LogP contribution in [0.3, 0.4) is 0 Å². The van der Waals surface area contributed by atoms with E-state index in [9.17, 15) is 4.79 Å². The Morgan fingerprint density at radius 2 is 2.13 bits per heavy atom. The molecule has 0 spiro atoms. The van der Waals surface area contributed by atoms with Gasteiger partial charge in [0.1, 0.15) is 5.82 Å². The average Bonchev–Trinajstić information content (AvgIpc) is 3.33. The molecule has 0 unspecified atom stereocenters. The summed E-state index contributed by atoms with van der Waals surface area (Å²) in [5.74, 6) is 1.61. The highest BCUT2D eigenvalue weighted by Gasteiger charge is 2.25. The summed E-state index contributed by atoms with van der Waals surface area (Å²) < 4.78 is 1.14. The number of aromatic amines is 1. The molecular formula is C18H20BrN3O. The Morgan fingerprint density at radius 3 is 2.91 bits per heavy atom. The second kappa shape index (κ2) is 6.21. The zero-order valence-electron chi connectivity index (χ0n) is 13.0. The maximum Gasteiger partial charge on any atom is 0.254 e. The molecule has 1 aromatic heterocycles. The molecule has 4 rings (SSSR count). The zero-order chi connectivity index (χ0) is 15.8. The fourth-order valence-corrected chi connectivity index (χ4v) is 3.65. The van der Waals surface area contributed by atoms with E-state index in [0.29, 0.717) is 0 Å². The number of rotatable bonds is 4.